The lowest BCUT2D eigenvalue weighted by Gasteiger charge is -2.34. The van der Waals surface area contributed by atoms with Crippen molar-refractivity contribution in [1.29, 1.82) is 0 Å². The van der Waals surface area contributed by atoms with Crippen molar-refractivity contribution in [1.82, 2.24) is 35.0 Å². The molecule has 1 amide bonds. The predicted octanol–water partition coefficient (Wildman–Crippen LogP) is 3.25. The molecule has 1 saturated heterocycles. The molecule has 0 atom stereocenters. The number of piperazine rings is 1. The fourth-order valence-electron chi connectivity index (χ4n) is 4.30. The van der Waals surface area contributed by atoms with Crippen molar-refractivity contribution < 1.29 is 9.53 Å². The van der Waals surface area contributed by atoms with E-state index in [4.69, 9.17) is 9.72 Å². The molecule has 0 bridgehead atoms. The van der Waals surface area contributed by atoms with Gasteiger partial charge in [0.1, 0.15) is 23.2 Å². The number of anilines is 4. The maximum atomic E-state index is 13.0. The Morgan fingerprint density at radius 1 is 1.15 bits per heavy atom. The molecule has 12 nitrogen and oxygen atoms in total. The zero-order chi connectivity index (χ0) is 27.4. The van der Waals surface area contributed by atoms with Gasteiger partial charge in [-0.15, -0.1) is 0 Å². The summed E-state index contributed by atoms with van der Waals surface area (Å²) in [5.41, 5.74) is 4.92. The maximum Gasteiger partial charge on any atom is 0.256 e. The topological polar surface area (TPSA) is 137 Å². The van der Waals surface area contributed by atoms with Gasteiger partial charge in [-0.3, -0.25) is 14.8 Å². The van der Waals surface area contributed by atoms with Gasteiger partial charge in [0.2, 0.25) is 5.95 Å². The fraction of sp³-hybridized carbons (Fsp3) is 0.333. The van der Waals surface area contributed by atoms with Gasteiger partial charge in [0.05, 0.1) is 18.5 Å². The van der Waals surface area contributed by atoms with Crippen molar-refractivity contribution in [3.05, 3.63) is 60.2 Å². The SMILES string of the molecule is C=C(C)c1cc(NC(=O)c2ccc(C)c(Nc3ncnc4cnc(N5CCN(CCOC)CC5)nc34)c2)[nH]n1. The van der Waals surface area contributed by atoms with E-state index in [0.29, 0.717) is 39.9 Å². The van der Waals surface area contributed by atoms with Gasteiger partial charge in [-0.2, -0.15) is 5.10 Å². The number of fused-ring (bicyclic) bond motifs is 1. The monoisotopic (exact) mass is 528 g/mol. The number of aromatic nitrogens is 6. The Kier molecular flexibility index (Phi) is 7.75. The quantitative estimate of drug-likeness (QED) is 0.297. The highest BCUT2D eigenvalue weighted by atomic mass is 16.5. The number of methoxy groups -OCH3 is 1. The number of carbonyl (C=O) groups excluding carboxylic acids is 1. The highest BCUT2D eigenvalue weighted by Crippen LogP contribution is 2.26. The van der Waals surface area contributed by atoms with Crippen LogP contribution in [0.5, 0.6) is 0 Å². The van der Waals surface area contributed by atoms with Crippen LogP contribution in [0.4, 0.5) is 23.3 Å². The highest BCUT2D eigenvalue weighted by Gasteiger charge is 2.20. The van der Waals surface area contributed by atoms with E-state index in [0.717, 1.165) is 56.2 Å². The molecule has 1 aromatic carbocycles. The van der Waals surface area contributed by atoms with E-state index in [9.17, 15) is 4.79 Å². The van der Waals surface area contributed by atoms with E-state index >= 15 is 0 Å². The maximum absolute atomic E-state index is 13.0. The van der Waals surface area contributed by atoms with Gasteiger partial charge in [-0.05, 0) is 37.1 Å². The summed E-state index contributed by atoms with van der Waals surface area (Å²) in [4.78, 5) is 35.7. The molecule has 1 fully saturated rings. The van der Waals surface area contributed by atoms with Crippen LogP contribution in [-0.4, -0.2) is 87.4 Å². The Morgan fingerprint density at radius 2 is 1.97 bits per heavy atom. The van der Waals surface area contributed by atoms with Gasteiger partial charge in [0.25, 0.3) is 5.91 Å². The summed E-state index contributed by atoms with van der Waals surface area (Å²) >= 11 is 0. The molecule has 0 spiro atoms. The van der Waals surface area contributed by atoms with Crippen molar-refractivity contribution in [3.63, 3.8) is 0 Å². The van der Waals surface area contributed by atoms with E-state index in [1.165, 1.54) is 6.33 Å². The number of carbonyl (C=O) groups is 1. The fourth-order valence-corrected chi connectivity index (χ4v) is 4.30. The molecule has 4 aromatic rings. The summed E-state index contributed by atoms with van der Waals surface area (Å²) in [6, 6.07) is 7.19. The minimum atomic E-state index is -0.267. The lowest BCUT2D eigenvalue weighted by molar-refractivity contribution is 0.102. The average Bonchev–Trinajstić information content (AvgIpc) is 3.42. The number of H-pyrrole nitrogens is 1. The second-order valence-corrected chi connectivity index (χ2v) is 9.50. The standard InChI is InChI=1S/C27H32N10O2/c1-17(2)20-14-23(35-34-20)32-26(38)19-6-5-18(3)21(13-19)31-25-24-22(29-16-30-25)15-28-27(33-24)37-9-7-36(8-10-37)11-12-39-4/h5-6,13-16H,1,7-12H2,2-4H3,(H,29,30,31)(H2,32,34,35,38). The molecule has 4 heterocycles. The molecule has 0 aliphatic carbocycles. The highest BCUT2D eigenvalue weighted by molar-refractivity contribution is 6.04. The van der Waals surface area contributed by atoms with E-state index in [-0.39, 0.29) is 5.91 Å². The van der Waals surface area contributed by atoms with Crippen molar-refractivity contribution in [2.45, 2.75) is 13.8 Å². The van der Waals surface area contributed by atoms with Gasteiger partial charge in [0.15, 0.2) is 5.82 Å². The number of benzene rings is 1. The smallest absolute Gasteiger partial charge is 0.256 e. The van der Waals surface area contributed by atoms with E-state index in [1.54, 1.807) is 31.5 Å². The Morgan fingerprint density at radius 3 is 2.72 bits per heavy atom. The van der Waals surface area contributed by atoms with E-state index < -0.39 is 0 Å². The third-order valence-electron chi connectivity index (χ3n) is 6.65. The number of rotatable bonds is 9. The van der Waals surface area contributed by atoms with Crippen LogP contribution in [0.3, 0.4) is 0 Å². The average molecular weight is 529 g/mol. The minimum absolute atomic E-state index is 0.267. The van der Waals surface area contributed by atoms with Gasteiger partial charge < -0.3 is 20.3 Å². The molecule has 1 aliphatic heterocycles. The van der Waals surface area contributed by atoms with Gasteiger partial charge in [-0.25, -0.2) is 19.9 Å². The molecule has 3 N–H and O–H groups in total. The number of nitrogens with zero attached hydrogens (tertiary/aromatic N) is 7. The van der Waals surface area contributed by atoms with Crippen molar-refractivity contribution >= 4 is 45.8 Å². The van der Waals surface area contributed by atoms with Crippen molar-refractivity contribution in [3.8, 4) is 0 Å². The van der Waals surface area contributed by atoms with Crippen LogP contribution >= 0.6 is 0 Å². The second kappa shape index (κ2) is 11.5. The van der Waals surface area contributed by atoms with E-state index in [2.05, 4.69) is 52.2 Å². The number of hydrogen-bond acceptors (Lipinski definition) is 10. The molecular formula is C27H32N10O2. The summed E-state index contributed by atoms with van der Waals surface area (Å²) in [5, 5.41) is 13.2. The first kappa shape index (κ1) is 26.2. The molecule has 5 rings (SSSR count). The first-order valence-corrected chi connectivity index (χ1v) is 12.8. The Balaban J connectivity index is 1.35. The van der Waals surface area contributed by atoms with Gasteiger partial charge in [-0.1, -0.05) is 12.6 Å². The van der Waals surface area contributed by atoms with Crippen LogP contribution in [0.2, 0.25) is 0 Å². The minimum Gasteiger partial charge on any atom is -0.383 e. The predicted molar refractivity (Wildman–Crippen MR) is 151 cm³/mol. The van der Waals surface area contributed by atoms with Crippen LogP contribution in [0.25, 0.3) is 16.6 Å². The normalized spacial score (nSPS) is 14.0. The zero-order valence-electron chi connectivity index (χ0n) is 22.4. The zero-order valence-corrected chi connectivity index (χ0v) is 22.4. The lowest BCUT2D eigenvalue weighted by atomic mass is 10.1. The first-order chi connectivity index (χ1) is 18.9. The molecular weight excluding hydrogens is 496 g/mol. The van der Waals surface area contributed by atoms with Crippen LogP contribution in [0.15, 0.2) is 43.4 Å². The number of ether oxygens (including phenoxy) is 1. The molecule has 1 aliphatic rings. The number of allylic oxidation sites excluding steroid dienone is 1. The van der Waals surface area contributed by atoms with E-state index in [1.807, 2.05) is 19.9 Å². The van der Waals surface area contributed by atoms with Gasteiger partial charge in [0, 0.05) is 57.2 Å². The summed E-state index contributed by atoms with van der Waals surface area (Å²) in [7, 11) is 1.72. The van der Waals surface area contributed by atoms with Crippen molar-refractivity contribution in [2.75, 3.05) is 62.0 Å². The Bertz CT molecular complexity index is 1490. The summed E-state index contributed by atoms with van der Waals surface area (Å²) in [6.45, 7) is 12.8. The van der Waals surface area contributed by atoms with Crippen LogP contribution < -0.4 is 15.5 Å². The van der Waals surface area contributed by atoms with Crippen LogP contribution in [-0.2, 0) is 4.74 Å². The molecule has 12 heteroatoms. The Labute approximate surface area is 226 Å². The summed E-state index contributed by atoms with van der Waals surface area (Å²) < 4.78 is 5.20. The summed E-state index contributed by atoms with van der Waals surface area (Å²) in [6.07, 6.45) is 3.20. The molecule has 0 unspecified atom stereocenters. The third kappa shape index (κ3) is 6.02. The van der Waals surface area contributed by atoms with Crippen LogP contribution in [0.1, 0.15) is 28.5 Å². The molecule has 0 radical (unpaired) electrons. The largest absolute Gasteiger partial charge is 0.383 e. The molecule has 202 valence electrons. The van der Waals surface area contributed by atoms with Crippen molar-refractivity contribution in [2.24, 2.45) is 0 Å². The molecule has 0 saturated carbocycles. The third-order valence-corrected chi connectivity index (χ3v) is 6.65. The Hall–Kier alpha value is -4.42. The van der Waals surface area contributed by atoms with Gasteiger partial charge >= 0.3 is 0 Å². The number of amides is 1. The first-order valence-electron chi connectivity index (χ1n) is 12.8. The summed E-state index contributed by atoms with van der Waals surface area (Å²) in [5.74, 6) is 1.42. The number of aromatic amines is 1. The number of hydrogen-bond donors (Lipinski definition) is 3. The van der Waals surface area contributed by atoms with Crippen LogP contribution in [0, 0.1) is 6.92 Å². The lowest BCUT2D eigenvalue weighted by Crippen LogP contribution is -2.47. The molecule has 39 heavy (non-hydrogen) atoms. The number of aryl methyl sites for hydroxylation is 1. The number of nitrogens with one attached hydrogen (secondary N) is 3. The second-order valence-electron chi connectivity index (χ2n) is 9.50. The molecule has 3 aromatic heterocycles.